The first-order chi connectivity index (χ1) is 23.1. The number of hydrogen-bond donors (Lipinski definition) is 2. The minimum Gasteiger partial charge on any atom is -0.489 e. The first-order valence-electron chi connectivity index (χ1n) is 14.8. The van der Waals surface area contributed by atoms with Crippen LogP contribution >= 0.6 is 11.8 Å². The molecular weight excluding hydrogens is 609 g/mol. The molecule has 5 aromatic carbocycles. The number of rotatable bonds is 12. The molecule has 9 nitrogen and oxygen atoms in total. The maximum absolute atomic E-state index is 13.5. The Morgan fingerprint density at radius 2 is 1.43 bits per heavy atom. The summed E-state index contributed by atoms with van der Waals surface area (Å²) in [6, 6.07) is 43.2. The van der Waals surface area contributed by atoms with Crippen LogP contribution in [0.1, 0.15) is 27.3 Å². The van der Waals surface area contributed by atoms with Gasteiger partial charge in [-0.05, 0) is 88.3 Å². The van der Waals surface area contributed by atoms with Gasteiger partial charge in [-0.25, -0.2) is 0 Å². The Morgan fingerprint density at radius 3 is 2.13 bits per heavy atom. The van der Waals surface area contributed by atoms with Gasteiger partial charge in [0.1, 0.15) is 18.1 Å². The number of nitrogens with zero attached hydrogens (tertiary/aromatic N) is 4. The second kappa shape index (κ2) is 15.3. The Morgan fingerprint density at radius 1 is 0.766 bits per heavy atom. The highest BCUT2D eigenvalue weighted by Crippen LogP contribution is 2.25. The number of benzene rings is 5. The zero-order valence-corrected chi connectivity index (χ0v) is 26.0. The van der Waals surface area contributed by atoms with Crippen molar-refractivity contribution in [3.05, 3.63) is 168 Å². The molecule has 0 spiro atoms. The summed E-state index contributed by atoms with van der Waals surface area (Å²) in [6.07, 6.45) is 1.64. The topological polar surface area (TPSA) is 111 Å². The normalized spacial score (nSPS) is 11.1. The van der Waals surface area contributed by atoms with Crippen molar-refractivity contribution in [2.75, 3.05) is 5.32 Å². The lowest BCUT2D eigenvalue weighted by Gasteiger charge is -2.12. The van der Waals surface area contributed by atoms with Gasteiger partial charge in [0.05, 0.1) is 11.4 Å². The van der Waals surface area contributed by atoms with E-state index >= 15 is 0 Å². The van der Waals surface area contributed by atoms with Crippen LogP contribution in [0.15, 0.2) is 150 Å². The smallest absolute Gasteiger partial charge is 0.272 e. The Kier molecular flexibility index (Phi) is 10.1. The van der Waals surface area contributed by atoms with Gasteiger partial charge in [0, 0.05) is 16.1 Å². The molecule has 0 atom stereocenters. The molecule has 0 fully saturated rings. The van der Waals surface area contributed by atoms with Crippen LogP contribution in [0, 0.1) is 0 Å². The third-order valence-electron chi connectivity index (χ3n) is 6.98. The SMILES string of the molecule is O=C(Nc1ccc(SCc2nnnn2-c2ccccc2)cc1)/C(=C/c1ccc(OCc2ccccc2)cc1)NC(=O)c1ccccc1. The van der Waals surface area contributed by atoms with Crippen LogP contribution in [0.3, 0.4) is 0 Å². The number of thioether (sulfide) groups is 1. The van der Waals surface area contributed by atoms with E-state index in [2.05, 4.69) is 26.2 Å². The Hall–Kier alpha value is -6.00. The summed E-state index contributed by atoms with van der Waals surface area (Å²) in [7, 11) is 0. The van der Waals surface area contributed by atoms with E-state index in [4.69, 9.17) is 4.74 Å². The number of anilines is 1. The van der Waals surface area contributed by atoms with Crippen molar-refractivity contribution in [1.82, 2.24) is 25.5 Å². The molecule has 6 aromatic rings. The van der Waals surface area contributed by atoms with Gasteiger partial charge in [0.2, 0.25) is 0 Å². The van der Waals surface area contributed by atoms with Gasteiger partial charge in [0.25, 0.3) is 11.8 Å². The maximum Gasteiger partial charge on any atom is 0.272 e. The Balaban J connectivity index is 1.12. The van der Waals surface area contributed by atoms with Crippen molar-refractivity contribution in [1.29, 1.82) is 0 Å². The minimum absolute atomic E-state index is 0.100. The summed E-state index contributed by atoms with van der Waals surface area (Å²) in [6.45, 7) is 0.445. The average Bonchev–Trinajstić information content (AvgIpc) is 3.61. The van der Waals surface area contributed by atoms with E-state index in [1.54, 1.807) is 46.8 Å². The molecule has 0 aliphatic heterocycles. The van der Waals surface area contributed by atoms with E-state index in [9.17, 15) is 9.59 Å². The predicted molar refractivity (Wildman–Crippen MR) is 183 cm³/mol. The number of nitrogens with one attached hydrogen (secondary N) is 2. The van der Waals surface area contributed by atoms with Crippen LogP contribution in [0.5, 0.6) is 5.75 Å². The number of carbonyl (C=O) groups is 2. The average molecular weight is 639 g/mol. The molecule has 10 heteroatoms. The van der Waals surface area contributed by atoms with E-state index in [0.717, 1.165) is 27.5 Å². The summed E-state index contributed by atoms with van der Waals surface area (Å²) < 4.78 is 7.61. The first-order valence-corrected chi connectivity index (χ1v) is 15.8. The van der Waals surface area contributed by atoms with Crippen molar-refractivity contribution in [2.45, 2.75) is 17.3 Å². The number of aromatic nitrogens is 4. The molecule has 1 heterocycles. The van der Waals surface area contributed by atoms with Gasteiger partial charge >= 0.3 is 0 Å². The third kappa shape index (κ3) is 8.59. The number of ether oxygens (including phenoxy) is 1. The van der Waals surface area contributed by atoms with E-state index in [1.807, 2.05) is 115 Å². The number of tetrazole rings is 1. The fraction of sp³-hybridized carbons (Fsp3) is 0.0541. The van der Waals surface area contributed by atoms with Gasteiger partial charge in [-0.2, -0.15) is 4.68 Å². The molecule has 0 aliphatic carbocycles. The van der Waals surface area contributed by atoms with Crippen molar-refractivity contribution in [2.24, 2.45) is 0 Å². The Bertz CT molecular complexity index is 1950. The van der Waals surface area contributed by atoms with E-state index in [-0.39, 0.29) is 11.6 Å². The number of carbonyl (C=O) groups excluding carboxylic acids is 2. The van der Waals surface area contributed by atoms with Crippen LogP contribution in [0.25, 0.3) is 11.8 Å². The first kappa shape index (κ1) is 31.0. The van der Waals surface area contributed by atoms with Crippen molar-refractivity contribution >= 4 is 35.3 Å². The van der Waals surface area contributed by atoms with Crippen LogP contribution in [0.4, 0.5) is 5.69 Å². The van der Waals surface area contributed by atoms with Crippen LogP contribution in [-0.2, 0) is 17.2 Å². The summed E-state index contributed by atoms with van der Waals surface area (Å²) in [5.41, 5.74) is 3.80. The fourth-order valence-electron chi connectivity index (χ4n) is 4.56. The van der Waals surface area contributed by atoms with Gasteiger partial charge in [-0.3, -0.25) is 9.59 Å². The van der Waals surface area contributed by atoms with Crippen LogP contribution in [-0.4, -0.2) is 32.0 Å². The van der Waals surface area contributed by atoms with Crippen molar-refractivity contribution in [3.63, 3.8) is 0 Å². The van der Waals surface area contributed by atoms with E-state index in [1.165, 1.54) is 0 Å². The Labute approximate surface area is 276 Å². The van der Waals surface area contributed by atoms with Crippen LogP contribution in [0.2, 0.25) is 0 Å². The second-order valence-electron chi connectivity index (χ2n) is 10.3. The lowest BCUT2D eigenvalue weighted by atomic mass is 10.1. The second-order valence-corrected chi connectivity index (χ2v) is 11.4. The highest BCUT2D eigenvalue weighted by Gasteiger charge is 2.16. The van der Waals surface area contributed by atoms with E-state index in [0.29, 0.717) is 29.4 Å². The molecule has 2 N–H and O–H groups in total. The molecule has 0 bridgehead atoms. The van der Waals surface area contributed by atoms with Crippen molar-refractivity contribution < 1.29 is 14.3 Å². The standard InChI is InChI=1S/C37H30N6O3S/c44-36(29-12-6-2-7-13-29)39-34(24-27-16-20-32(21-17-27)46-25-28-10-4-1-5-11-28)37(45)38-30-18-22-33(23-19-30)47-26-35-40-41-42-43(35)31-14-8-3-9-15-31/h1-24H,25-26H2,(H,38,45)(H,39,44)/b34-24-. The fourth-order valence-corrected chi connectivity index (χ4v) is 5.36. The molecule has 0 aliphatic rings. The summed E-state index contributed by atoms with van der Waals surface area (Å²) in [5, 5.41) is 17.8. The van der Waals surface area contributed by atoms with Gasteiger partial charge < -0.3 is 15.4 Å². The lowest BCUT2D eigenvalue weighted by Crippen LogP contribution is -2.30. The van der Waals surface area contributed by atoms with E-state index < -0.39 is 5.91 Å². The molecule has 0 unspecified atom stereocenters. The molecule has 1 aromatic heterocycles. The molecule has 2 amide bonds. The van der Waals surface area contributed by atoms with Gasteiger partial charge in [0.15, 0.2) is 5.82 Å². The minimum atomic E-state index is -0.457. The molecular formula is C37H30N6O3S. The zero-order valence-electron chi connectivity index (χ0n) is 25.2. The highest BCUT2D eigenvalue weighted by atomic mass is 32.2. The summed E-state index contributed by atoms with van der Waals surface area (Å²) in [4.78, 5) is 27.5. The van der Waals surface area contributed by atoms with Crippen LogP contribution < -0.4 is 15.4 Å². The number of hydrogen-bond acceptors (Lipinski definition) is 7. The molecule has 0 saturated heterocycles. The quantitative estimate of drug-likeness (QED) is 0.110. The third-order valence-corrected chi connectivity index (χ3v) is 7.99. The van der Waals surface area contributed by atoms with Gasteiger partial charge in [-0.1, -0.05) is 78.9 Å². The highest BCUT2D eigenvalue weighted by molar-refractivity contribution is 7.98. The molecule has 232 valence electrons. The lowest BCUT2D eigenvalue weighted by molar-refractivity contribution is -0.113. The monoisotopic (exact) mass is 638 g/mol. The largest absolute Gasteiger partial charge is 0.489 e. The molecule has 0 saturated carbocycles. The molecule has 6 rings (SSSR count). The summed E-state index contributed by atoms with van der Waals surface area (Å²) >= 11 is 1.58. The van der Waals surface area contributed by atoms with Gasteiger partial charge in [-0.15, -0.1) is 16.9 Å². The number of para-hydroxylation sites is 1. The van der Waals surface area contributed by atoms with Crippen molar-refractivity contribution in [3.8, 4) is 11.4 Å². The number of amides is 2. The molecule has 0 radical (unpaired) electrons. The molecule has 47 heavy (non-hydrogen) atoms. The summed E-state index contributed by atoms with van der Waals surface area (Å²) in [5.74, 6) is 1.13. The zero-order chi connectivity index (χ0) is 32.3. The maximum atomic E-state index is 13.5. The predicted octanol–water partition coefficient (Wildman–Crippen LogP) is 6.94.